The fourth-order valence-corrected chi connectivity index (χ4v) is 4.33. The van der Waals surface area contributed by atoms with E-state index in [4.69, 9.17) is 4.74 Å². The maximum absolute atomic E-state index is 13.6. The number of benzene rings is 3. The summed E-state index contributed by atoms with van der Waals surface area (Å²) < 4.78 is 5.28. The molecule has 4 rings (SSSR count). The molecule has 1 aliphatic heterocycles. The normalized spacial score (nSPS) is 17.6. The van der Waals surface area contributed by atoms with E-state index in [0.29, 0.717) is 18.5 Å². The number of amides is 2. The molecule has 0 unspecified atom stereocenters. The molecule has 32 heavy (non-hydrogen) atoms. The van der Waals surface area contributed by atoms with E-state index in [1.165, 1.54) is 0 Å². The zero-order chi connectivity index (χ0) is 22.7. The predicted octanol–water partition coefficient (Wildman–Crippen LogP) is 4.54. The van der Waals surface area contributed by atoms with Crippen LogP contribution in [0.15, 0.2) is 72.8 Å². The van der Waals surface area contributed by atoms with Crippen molar-refractivity contribution in [2.45, 2.75) is 38.8 Å². The molecule has 2 amide bonds. The lowest BCUT2D eigenvalue weighted by Crippen LogP contribution is -2.63. The fraction of sp³-hybridized carbons (Fsp3) is 0.259. The quantitative estimate of drug-likeness (QED) is 0.627. The highest BCUT2D eigenvalue weighted by molar-refractivity contribution is 6.14. The van der Waals surface area contributed by atoms with Crippen LogP contribution in [0.2, 0.25) is 0 Å². The second-order valence-electron chi connectivity index (χ2n) is 8.31. The van der Waals surface area contributed by atoms with Crippen LogP contribution in [-0.2, 0) is 24.2 Å². The molecule has 0 aliphatic carbocycles. The van der Waals surface area contributed by atoms with Gasteiger partial charge in [0, 0.05) is 24.2 Å². The van der Waals surface area contributed by atoms with E-state index in [-0.39, 0.29) is 11.8 Å². The zero-order valence-electron chi connectivity index (χ0n) is 18.7. The summed E-state index contributed by atoms with van der Waals surface area (Å²) in [7, 11) is 1.62. The maximum Gasteiger partial charge on any atom is 0.259 e. The Kier molecular flexibility index (Phi) is 5.99. The molecule has 3 aromatic rings. The van der Waals surface area contributed by atoms with E-state index >= 15 is 0 Å². The van der Waals surface area contributed by atoms with Crippen molar-refractivity contribution in [2.24, 2.45) is 0 Å². The van der Waals surface area contributed by atoms with Crippen molar-refractivity contribution in [3.8, 4) is 5.75 Å². The van der Waals surface area contributed by atoms with Crippen LogP contribution in [-0.4, -0.2) is 24.5 Å². The van der Waals surface area contributed by atoms with Crippen LogP contribution in [0.4, 0.5) is 5.69 Å². The minimum Gasteiger partial charge on any atom is -0.497 e. The highest BCUT2D eigenvalue weighted by Crippen LogP contribution is 2.36. The summed E-state index contributed by atoms with van der Waals surface area (Å²) >= 11 is 0. The van der Waals surface area contributed by atoms with Gasteiger partial charge >= 0.3 is 0 Å². The van der Waals surface area contributed by atoms with E-state index < -0.39 is 5.54 Å². The van der Waals surface area contributed by atoms with Crippen molar-refractivity contribution in [1.82, 2.24) is 5.32 Å². The van der Waals surface area contributed by atoms with Gasteiger partial charge in [-0.3, -0.25) is 14.5 Å². The smallest absolute Gasteiger partial charge is 0.259 e. The first kappa shape index (κ1) is 21.6. The van der Waals surface area contributed by atoms with Gasteiger partial charge in [-0.15, -0.1) is 0 Å². The molecule has 5 nitrogen and oxygen atoms in total. The average Bonchev–Trinajstić information content (AvgIpc) is 2.82. The molecule has 0 radical (unpaired) electrons. The first-order valence-corrected chi connectivity index (χ1v) is 10.9. The van der Waals surface area contributed by atoms with Crippen molar-refractivity contribution in [1.29, 1.82) is 0 Å². The molecule has 1 aliphatic rings. The Labute approximate surface area is 189 Å². The molecule has 0 aromatic heterocycles. The number of nitrogens with one attached hydrogen (secondary N) is 1. The topological polar surface area (TPSA) is 58.6 Å². The van der Waals surface area contributed by atoms with E-state index in [0.717, 1.165) is 34.5 Å². The number of carbonyl (C=O) groups excluding carboxylic acids is 2. The SMILES string of the molecule is CCc1cccc(N2C(=O)c3ccccc3C[C@]2(C)C(=O)NCc2cccc(OC)c2)c1. The van der Waals surface area contributed by atoms with Gasteiger partial charge in [0.2, 0.25) is 5.91 Å². The van der Waals surface area contributed by atoms with E-state index in [9.17, 15) is 9.59 Å². The first-order chi connectivity index (χ1) is 15.5. The second kappa shape index (κ2) is 8.87. The number of fused-ring (bicyclic) bond motifs is 1. The molecule has 0 fully saturated rings. The van der Waals surface area contributed by atoms with Gasteiger partial charge in [0.05, 0.1) is 7.11 Å². The zero-order valence-corrected chi connectivity index (χ0v) is 18.7. The molecule has 1 heterocycles. The van der Waals surface area contributed by atoms with Gasteiger partial charge in [0.25, 0.3) is 5.91 Å². The molecule has 3 aromatic carbocycles. The summed E-state index contributed by atoms with van der Waals surface area (Å²) in [5, 5.41) is 3.05. The standard InChI is InChI=1S/C27H28N2O3/c1-4-19-9-7-12-22(15-19)29-25(30)24-14-6-5-11-21(24)17-27(29,2)26(31)28-18-20-10-8-13-23(16-20)32-3/h5-16H,4,17-18H2,1-3H3,(H,28,31)/t27-/m1/s1. The predicted molar refractivity (Wildman–Crippen MR) is 126 cm³/mol. The highest BCUT2D eigenvalue weighted by atomic mass is 16.5. The number of aryl methyl sites for hydroxylation is 1. The van der Waals surface area contributed by atoms with Gasteiger partial charge in [-0.05, 0) is 60.4 Å². The van der Waals surface area contributed by atoms with Crippen molar-refractivity contribution < 1.29 is 14.3 Å². The van der Waals surface area contributed by atoms with Gasteiger partial charge in [-0.1, -0.05) is 49.4 Å². The van der Waals surface area contributed by atoms with E-state index in [1.54, 1.807) is 12.0 Å². The van der Waals surface area contributed by atoms with Gasteiger partial charge < -0.3 is 10.1 Å². The van der Waals surface area contributed by atoms with Gasteiger partial charge in [0.1, 0.15) is 11.3 Å². The van der Waals surface area contributed by atoms with Crippen LogP contribution >= 0.6 is 0 Å². The Bertz CT molecular complexity index is 1160. The summed E-state index contributed by atoms with van der Waals surface area (Å²) in [4.78, 5) is 28.9. The Balaban J connectivity index is 1.70. The van der Waals surface area contributed by atoms with Crippen LogP contribution in [0, 0.1) is 0 Å². The van der Waals surface area contributed by atoms with Crippen LogP contribution in [0.25, 0.3) is 0 Å². The highest BCUT2D eigenvalue weighted by Gasteiger charge is 2.47. The maximum atomic E-state index is 13.6. The molecular formula is C27H28N2O3. The molecule has 0 saturated heterocycles. The summed E-state index contributed by atoms with van der Waals surface area (Å²) in [6.07, 6.45) is 1.29. The Morgan fingerprint density at radius 3 is 2.56 bits per heavy atom. The van der Waals surface area contributed by atoms with Crippen LogP contribution in [0.5, 0.6) is 5.75 Å². The lowest BCUT2D eigenvalue weighted by atomic mass is 9.82. The largest absolute Gasteiger partial charge is 0.497 e. The lowest BCUT2D eigenvalue weighted by molar-refractivity contribution is -0.126. The van der Waals surface area contributed by atoms with Gasteiger partial charge in [-0.25, -0.2) is 0 Å². The van der Waals surface area contributed by atoms with Crippen molar-refractivity contribution in [2.75, 3.05) is 12.0 Å². The first-order valence-electron chi connectivity index (χ1n) is 10.9. The third-order valence-corrected chi connectivity index (χ3v) is 6.13. The molecule has 0 saturated carbocycles. The molecule has 1 atom stereocenters. The number of nitrogens with zero attached hydrogens (tertiary/aromatic N) is 1. The monoisotopic (exact) mass is 428 g/mol. The van der Waals surface area contributed by atoms with Crippen molar-refractivity contribution >= 4 is 17.5 Å². The number of ether oxygens (including phenoxy) is 1. The van der Waals surface area contributed by atoms with E-state index in [1.807, 2.05) is 79.7 Å². The van der Waals surface area contributed by atoms with Gasteiger partial charge in [0.15, 0.2) is 0 Å². The number of rotatable bonds is 6. The third kappa shape index (κ3) is 3.98. The molecule has 164 valence electrons. The molecular weight excluding hydrogens is 400 g/mol. The van der Waals surface area contributed by atoms with Crippen molar-refractivity contribution in [3.63, 3.8) is 0 Å². The van der Waals surface area contributed by atoms with Crippen molar-refractivity contribution in [3.05, 3.63) is 95.1 Å². The summed E-state index contributed by atoms with van der Waals surface area (Å²) in [5.41, 5.74) is 3.27. The Morgan fingerprint density at radius 2 is 1.78 bits per heavy atom. The second-order valence-corrected chi connectivity index (χ2v) is 8.31. The number of hydrogen-bond donors (Lipinski definition) is 1. The third-order valence-electron chi connectivity index (χ3n) is 6.13. The number of methoxy groups -OCH3 is 1. The van der Waals surface area contributed by atoms with Crippen LogP contribution in [0.1, 0.15) is 40.9 Å². The number of carbonyl (C=O) groups is 2. The van der Waals surface area contributed by atoms with E-state index in [2.05, 4.69) is 12.2 Å². The number of hydrogen-bond acceptors (Lipinski definition) is 3. The average molecular weight is 429 g/mol. The Morgan fingerprint density at radius 1 is 1.03 bits per heavy atom. The van der Waals surface area contributed by atoms with Crippen LogP contribution in [0.3, 0.4) is 0 Å². The van der Waals surface area contributed by atoms with Gasteiger partial charge in [-0.2, -0.15) is 0 Å². The molecule has 5 heteroatoms. The minimum atomic E-state index is -1.06. The minimum absolute atomic E-state index is 0.154. The summed E-state index contributed by atoms with van der Waals surface area (Å²) in [5.74, 6) is 0.395. The summed E-state index contributed by atoms with van der Waals surface area (Å²) in [6, 6.07) is 23.0. The van der Waals surface area contributed by atoms with Crippen LogP contribution < -0.4 is 15.0 Å². The molecule has 1 N–H and O–H groups in total. The summed E-state index contributed by atoms with van der Waals surface area (Å²) in [6.45, 7) is 4.27. The number of anilines is 1. The Hall–Kier alpha value is -3.60. The fourth-order valence-electron chi connectivity index (χ4n) is 4.33. The molecule has 0 spiro atoms. The lowest BCUT2D eigenvalue weighted by Gasteiger charge is -2.44. The molecule has 0 bridgehead atoms.